The second-order valence-electron chi connectivity index (χ2n) is 7.14. The first-order chi connectivity index (χ1) is 12.0. The molecule has 1 aliphatic heterocycles. The lowest BCUT2D eigenvalue weighted by Gasteiger charge is -2.43. The predicted octanol–water partition coefficient (Wildman–Crippen LogP) is 2.59. The molecule has 1 amide bonds. The van der Waals surface area contributed by atoms with Crippen LogP contribution in [0, 0.1) is 5.41 Å². The highest BCUT2D eigenvalue weighted by atomic mass is 32.1. The van der Waals surface area contributed by atoms with Gasteiger partial charge in [-0.2, -0.15) is 0 Å². The van der Waals surface area contributed by atoms with Crippen LogP contribution in [-0.4, -0.2) is 66.1 Å². The van der Waals surface area contributed by atoms with Gasteiger partial charge in [-0.3, -0.25) is 4.79 Å². The van der Waals surface area contributed by atoms with E-state index in [4.69, 9.17) is 0 Å². The molecule has 134 valence electrons. The predicted molar refractivity (Wildman–Crippen MR) is 101 cm³/mol. The van der Waals surface area contributed by atoms with Crippen LogP contribution in [0.4, 0.5) is 0 Å². The third-order valence-corrected chi connectivity index (χ3v) is 5.57. The van der Waals surface area contributed by atoms with E-state index < -0.39 is 0 Å². The van der Waals surface area contributed by atoms with Crippen LogP contribution in [0.2, 0.25) is 0 Å². The van der Waals surface area contributed by atoms with Crippen molar-refractivity contribution in [1.29, 1.82) is 0 Å². The zero-order valence-corrected chi connectivity index (χ0v) is 15.6. The number of piperidine rings is 1. The number of thiazole rings is 1. The second kappa shape index (κ2) is 7.64. The largest absolute Gasteiger partial charge is 0.396 e. The summed E-state index contributed by atoms with van der Waals surface area (Å²) in [6.07, 6.45) is 3.66. The van der Waals surface area contributed by atoms with Crippen molar-refractivity contribution in [2.24, 2.45) is 5.41 Å². The Morgan fingerprint density at radius 3 is 2.72 bits per heavy atom. The normalized spacial score (nSPS) is 20.9. The number of benzene rings is 1. The molecule has 0 saturated carbocycles. The van der Waals surface area contributed by atoms with Crippen LogP contribution >= 0.6 is 11.3 Å². The Morgan fingerprint density at radius 2 is 2.12 bits per heavy atom. The summed E-state index contributed by atoms with van der Waals surface area (Å²) in [5.41, 5.74) is 1.50. The Hall–Kier alpha value is -1.76. The van der Waals surface area contributed by atoms with Crippen molar-refractivity contribution in [3.05, 3.63) is 41.4 Å². The summed E-state index contributed by atoms with van der Waals surface area (Å²) in [7, 11) is 4.02. The number of rotatable bonds is 5. The number of aromatic nitrogens is 1. The van der Waals surface area contributed by atoms with E-state index in [0.29, 0.717) is 12.1 Å². The molecule has 3 rings (SSSR count). The maximum atomic E-state index is 12.9. The van der Waals surface area contributed by atoms with Gasteiger partial charge in [0, 0.05) is 47.8 Å². The van der Waals surface area contributed by atoms with Gasteiger partial charge < -0.3 is 14.9 Å². The number of nitrogens with zero attached hydrogens (tertiary/aromatic N) is 3. The van der Waals surface area contributed by atoms with Crippen LogP contribution < -0.4 is 0 Å². The summed E-state index contributed by atoms with van der Waals surface area (Å²) in [4.78, 5) is 21.2. The molecule has 2 aromatic rings. The lowest BCUT2D eigenvalue weighted by atomic mass is 9.80. The van der Waals surface area contributed by atoms with E-state index in [1.165, 1.54) is 0 Å². The van der Waals surface area contributed by atoms with Crippen LogP contribution in [0.25, 0.3) is 10.6 Å². The monoisotopic (exact) mass is 359 g/mol. The van der Waals surface area contributed by atoms with Crippen LogP contribution in [-0.2, 0) is 0 Å². The molecule has 1 N–H and O–H groups in total. The van der Waals surface area contributed by atoms with E-state index >= 15 is 0 Å². The summed E-state index contributed by atoms with van der Waals surface area (Å²) in [5, 5.41) is 12.8. The number of aliphatic hydroxyl groups is 1. The van der Waals surface area contributed by atoms with E-state index in [2.05, 4.69) is 9.88 Å². The maximum absolute atomic E-state index is 12.9. The van der Waals surface area contributed by atoms with Crippen molar-refractivity contribution in [3.8, 4) is 10.6 Å². The van der Waals surface area contributed by atoms with Gasteiger partial charge in [0.25, 0.3) is 5.91 Å². The average Bonchev–Trinajstić information content (AvgIpc) is 3.15. The van der Waals surface area contributed by atoms with E-state index in [-0.39, 0.29) is 17.9 Å². The molecule has 1 aliphatic rings. The summed E-state index contributed by atoms with van der Waals surface area (Å²) in [6, 6.07) is 7.66. The minimum Gasteiger partial charge on any atom is -0.396 e. The third-order valence-electron chi connectivity index (χ3n) is 4.75. The number of aliphatic hydroxyl groups excluding tert-OH is 1. The van der Waals surface area contributed by atoms with E-state index in [9.17, 15) is 9.90 Å². The zero-order chi connectivity index (χ0) is 17.9. The zero-order valence-electron chi connectivity index (χ0n) is 14.8. The van der Waals surface area contributed by atoms with E-state index in [1.54, 1.807) is 17.5 Å². The molecule has 0 spiro atoms. The highest BCUT2D eigenvalue weighted by Gasteiger charge is 2.37. The number of carbonyl (C=O) groups is 1. The highest BCUT2D eigenvalue weighted by Crippen LogP contribution is 2.31. The molecule has 0 aliphatic carbocycles. The Labute approximate surface area is 152 Å². The van der Waals surface area contributed by atoms with Gasteiger partial charge in [0.05, 0.1) is 6.61 Å². The van der Waals surface area contributed by atoms with Crippen LogP contribution in [0.15, 0.2) is 35.8 Å². The van der Waals surface area contributed by atoms with Gasteiger partial charge in [0.2, 0.25) is 0 Å². The van der Waals surface area contributed by atoms with Gasteiger partial charge in [-0.1, -0.05) is 12.1 Å². The van der Waals surface area contributed by atoms with Crippen LogP contribution in [0.3, 0.4) is 0 Å². The maximum Gasteiger partial charge on any atom is 0.253 e. The number of amides is 1. The number of hydrogen-bond donors (Lipinski definition) is 1. The van der Waals surface area contributed by atoms with E-state index in [1.807, 2.05) is 48.6 Å². The average molecular weight is 359 g/mol. The molecule has 0 radical (unpaired) electrons. The molecule has 1 fully saturated rings. The van der Waals surface area contributed by atoms with Gasteiger partial charge in [-0.05, 0) is 39.1 Å². The molecule has 0 unspecified atom stereocenters. The first kappa shape index (κ1) is 18.0. The van der Waals surface area contributed by atoms with Crippen LogP contribution in [0.1, 0.15) is 23.2 Å². The number of likely N-dealkylation sites (tertiary alicyclic amines) is 1. The molecule has 5 nitrogen and oxygen atoms in total. The molecule has 1 saturated heterocycles. The van der Waals surface area contributed by atoms with Gasteiger partial charge in [-0.15, -0.1) is 11.3 Å². The summed E-state index contributed by atoms with van der Waals surface area (Å²) >= 11 is 1.59. The molecule has 2 heterocycles. The molecular formula is C19H25N3O2S. The van der Waals surface area contributed by atoms with Crippen molar-refractivity contribution in [1.82, 2.24) is 14.8 Å². The SMILES string of the molecule is CN(C)C[C@@]1(CO)CCCN(C(=O)c2ccc(-c3nccs3)cc2)C1. The molecule has 6 heteroatoms. The first-order valence-corrected chi connectivity index (χ1v) is 9.46. The Kier molecular flexibility index (Phi) is 5.51. The van der Waals surface area contributed by atoms with Crippen LogP contribution in [0.5, 0.6) is 0 Å². The molecule has 1 aromatic carbocycles. The smallest absolute Gasteiger partial charge is 0.253 e. The molecule has 1 atom stereocenters. The Bertz CT molecular complexity index is 700. The minimum absolute atomic E-state index is 0.0435. The fourth-order valence-electron chi connectivity index (χ4n) is 3.66. The van der Waals surface area contributed by atoms with E-state index in [0.717, 1.165) is 36.5 Å². The fraction of sp³-hybridized carbons (Fsp3) is 0.474. The van der Waals surface area contributed by atoms with Gasteiger partial charge in [0.1, 0.15) is 5.01 Å². The lowest BCUT2D eigenvalue weighted by molar-refractivity contribution is 0.0138. The standard InChI is InChI=1S/C19H25N3O2S/c1-21(2)12-19(14-23)8-3-10-22(13-19)18(24)16-6-4-15(5-7-16)17-20-9-11-25-17/h4-7,9,11,23H,3,8,10,12-14H2,1-2H3/t19-/m0/s1. The first-order valence-electron chi connectivity index (χ1n) is 8.58. The van der Waals surface area contributed by atoms with Crippen molar-refractivity contribution < 1.29 is 9.90 Å². The molecule has 0 bridgehead atoms. The van der Waals surface area contributed by atoms with Gasteiger partial charge in [0.15, 0.2) is 0 Å². The lowest BCUT2D eigenvalue weighted by Crippen LogP contribution is -2.51. The third kappa shape index (κ3) is 4.08. The quantitative estimate of drug-likeness (QED) is 0.891. The van der Waals surface area contributed by atoms with Crippen molar-refractivity contribution >= 4 is 17.2 Å². The van der Waals surface area contributed by atoms with Crippen molar-refractivity contribution in [2.75, 3.05) is 40.3 Å². The fourth-order valence-corrected chi connectivity index (χ4v) is 4.31. The number of hydrogen-bond acceptors (Lipinski definition) is 5. The summed E-state index contributed by atoms with van der Waals surface area (Å²) < 4.78 is 0. The number of carbonyl (C=O) groups excluding carboxylic acids is 1. The summed E-state index contributed by atoms with van der Waals surface area (Å²) in [5.74, 6) is 0.0435. The Balaban J connectivity index is 1.73. The molecular weight excluding hydrogens is 334 g/mol. The van der Waals surface area contributed by atoms with Crippen molar-refractivity contribution in [3.63, 3.8) is 0 Å². The van der Waals surface area contributed by atoms with Crippen molar-refractivity contribution in [2.45, 2.75) is 12.8 Å². The van der Waals surface area contributed by atoms with Gasteiger partial charge >= 0.3 is 0 Å². The minimum atomic E-state index is -0.224. The summed E-state index contributed by atoms with van der Waals surface area (Å²) in [6.45, 7) is 2.26. The highest BCUT2D eigenvalue weighted by molar-refractivity contribution is 7.13. The molecule has 1 aromatic heterocycles. The second-order valence-corrected chi connectivity index (χ2v) is 8.04. The Morgan fingerprint density at radius 1 is 1.36 bits per heavy atom. The molecule has 25 heavy (non-hydrogen) atoms. The topological polar surface area (TPSA) is 56.7 Å². The van der Waals surface area contributed by atoms with Gasteiger partial charge in [-0.25, -0.2) is 4.98 Å².